The second-order valence-corrected chi connectivity index (χ2v) is 9.25. The first-order valence-electron chi connectivity index (χ1n) is 12.7. The lowest BCUT2D eigenvalue weighted by Gasteiger charge is -2.18. The van der Waals surface area contributed by atoms with E-state index in [1.54, 1.807) is 41.3 Å². The average Bonchev–Trinajstić information content (AvgIpc) is 3.63. The highest BCUT2D eigenvalue weighted by molar-refractivity contribution is 6.24. The first-order valence-corrected chi connectivity index (χ1v) is 12.7. The van der Waals surface area contributed by atoms with Crippen molar-refractivity contribution in [3.05, 3.63) is 125 Å². The summed E-state index contributed by atoms with van der Waals surface area (Å²) in [5.41, 5.74) is 6.02. The van der Waals surface area contributed by atoms with Crippen molar-refractivity contribution in [2.45, 2.75) is 6.54 Å². The molecular formula is C32H23N3O6. The van der Waals surface area contributed by atoms with Crippen LogP contribution in [0.3, 0.4) is 0 Å². The summed E-state index contributed by atoms with van der Waals surface area (Å²) < 4.78 is 15.7. The van der Waals surface area contributed by atoms with Gasteiger partial charge in [-0.15, -0.1) is 0 Å². The van der Waals surface area contributed by atoms with E-state index in [1.165, 1.54) is 25.7 Å². The predicted octanol–water partition coefficient (Wildman–Crippen LogP) is 5.58. The third-order valence-electron chi connectivity index (χ3n) is 6.70. The van der Waals surface area contributed by atoms with Gasteiger partial charge in [-0.1, -0.05) is 36.4 Å². The van der Waals surface area contributed by atoms with Crippen molar-refractivity contribution in [3.8, 4) is 11.5 Å². The Morgan fingerprint density at radius 1 is 0.951 bits per heavy atom. The number of hydrogen-bond donors (Lipinski definition) is 1. The molecule has 0 atom stereocenters. The second-order valence-electron chi connectivity index (χ2n) is 9.25. The molecule has 2 heterocycles. The second kappa shape index (κ2) is 10.8. The number of anilines is 1. The topological polar surface area (TPSA) is 110 Å². The Morgan fingerprint density at radius 2 is 1.76 bits per heavy atom. The number of rotatable bonds is 8. The molecule has 0 fully saturated rings. The van der Waals surface area contributed by atoms with Gasteiger partial charge < -0.3 is 18.8 Å². The van der Waals surface area contributed by atoms with Gasteiger partial charge in [0.15, 0.2) is 11.5 Å². The standard InChI is InChI=1S/C32H23N3O6/c1-39-28-17-21(12-15-26(28)41-32(38)27-9-4-16-40-27)18-33-34-30(36)23-13-10-20(11-14-23)19-35-25-8-3-6-22-5-2-7-24(29(22)25)31(35)37/h2-18H,19H2,1H3,(H,34,36). The van der Waals surface area contributed by atoms with Crippen LogP contribution in [0.5, 0.6) is 11.5 Å². The Kier molecular flexibility index (Phi) is 6.75. The maximum Gasteiger partial charge on any atom is 0.379 e. The van der Waals surface area contributed by atoms with Crippen LogP contribution in [0.25, 0.3) is 10.8 Å². The number of nitrogens with zero attached hydrogens (tertiary/aromatic N) is 2. The van der Waals surface area contributed by atoms with Gasteiger partial charge in [0, 0.05) is 16.5 Å². The minimum absolute atomic E-state index is 0.0340. The van der Waals surface area contributed by atoms with Crippen molar-refractivity contribution in [2.24, 2.45) is 5.10 Å². The molecule has 0 saturated carbocycles. The number of esters is 1. The number of furan rings is 1. The smallest absolute Gasteiger partial charge is 0.379 e. The molecule has 6 rings (SSSR count). The molecule has 5 aromatic rings. The number of hydrazone groups is 1. The summed E-state index contributed by atoms with van der Waals surface area (Å²) in [5, 5.41) is 6.03. The van der Waals surface area contributed by atoms with E-state index in [2.05, 4.69) is 10.5 Å². The van der Waals surface area contributed by atoms with Crippen LogP contribution in [-0.4, -0.2) is 31.1 Å². The molecule has 2 amide bonds. The molecule has 1 N–H and O–H groups in total. The van der Waals surface area contributed by atoms with E-state index in [1.807, 2.05) is 48.5 Å². The minimum Gasteiger partial charge on any atom is -0.493 e. The quantitative estimate of drug-likeness (QED) is 0.118. The number of hydrogen-bond acceptors (Lipinski definition) is 7. The Morgan fingerprint density at radius 3 is 2.51 bits per heavy atom. The summed E-state index contributed by atoms with van der Waals surface area (Å²) in [6.45, 7) is 0.390. The van der Waals surface area contributed by atoms with Crippen molar-refractivity contribution in [3.63, 3.8) is 0 Å². The molecule has 1 aliphatic heterocycles. The SMILES string of the molecule is COc1cc(C=NNC(=O)c2ccc(CN3C(=O)c4cccc5cccc3c45)cc2)ccc1OC(=O)c1ccco1. The van der Waals surface area contributed by atoms with E-state index in [0.29, 0.717) is 29.0 Å². The fourth-order valence-corrected chi connectivity index (χ4v) is 4.70. The van der Waals surface area contributed by atoms with Crippen molar-refractivity contribution >= 4 is 40.5 Å². The maximum atomic E-state index is 13.1. The highest BCUT2D eigenvalue weighted by atomic mass is 16.6. The fraction of sp³-hybridized carbons (Fsp3) is 0.0625. The molecule has 0 saturated heterocycles. The average molecular weight is 546 g/mol. The molecular weight excluding hydrogens is 522 g/mol. The van der Waals surface area contributed by atoms with Gasteiger partial charge >= 0.3 is 5.97 Å². The minimum atomic E-state index is -0.650. The molecule has 1 aromatic heterocycles. The molecule has 9 nitrogen and oxygen atoms in total. The maximum absolute atomic E-state index is 13.1. The van der Waals surface area contributed by atoms with Crippen molar-refractivity contribution in [1.29, 1.82) is 0 Å². The van der Waals surface area contributed by atoms with Crippen LogP contribution in [0.2, 0.25) is 0 Å². The lowest BCUT2D eigenvalue weighted by molar-refractivity contribution is 0.0696. The van der Waals surface area contributed by atoms with Gasteiger partial charge in [0.05, 0.1) is 31.8 Å². The summed E-state index contributed by atoms with van der Waals surface area (Å²) in [4.78, 5) is 39.6. The number of methoxy groups -OCH3 is 1. The van der Waals surface area contributed by atoms with E-state index < -0.39 is 11.9 Å². The number of benzene rings is 4. The molecule has 202 valence electrons. The van der Waals surface area contributed by atoms with Gasteiger partial charge in [-0.05, 0) is 71.1 Å². The number of nitrogens with one attached hydrogen (secondary N) is 1. The molecule has 9 heteroatoms. The largest absolute Gasteiger partial charge is 0.493 e. The van der Waals surface area contributed by atoms with Gasteiger partial charge in [-0.2, -0.15) is 5.10 Å². The first-order chi connectivity index (χ1) is 20.0. The number of ether oxygens (including phenoxy) is 2. The van der Waals surface area contributed by atoms with Gasteiger partial charge in [0.2, 0.25) is 5.76 Å². The van der Waals surface area contributed by atoms with E-state index >= 15 is 0 Å². The summed E-state index contributed by atoms with van der Waals surface area (Å²) in [5.74, 6) is -0.479. The van der Waals surface area contributed by atoms with Gasteiger partial charge in [-0.25, -0.2) is 10.2 Å². The third kappa shape index (κ3) is 5.04. The molecule has 0 aliphatic carbocycles. The van der Waals surface area contributed by atoms with E-state index in [4.69, 9.17) is 13.9 Å². The molecule has 0 radical (unpaired) electrons. The zero-order chi connectivity index (χ0) is 28.3. The molecule has 0 bridgehead atoms. The number of amides is 2. The van der Waals surface area contributed by atoms with Gasteiger partial charge in [-0.3, -0.25) is 9.59 Å². The van der Waals surface area contributed by atoms with Crippen LogP contribution in [-0.2, 0) is 6.54 Å². The zero-order valence-corrected chi connectivity index (χ0v) is 21.9. The Balaban J connectivity index is 1.08. The summed E-state index contributed by atoms with van der Waals surface area (Å²) in [7, 11) is 1.45. The lowest BCUT2D eigenvalue weighted by atomic mass is 10.1. The van der Waals surface area contributed by atoms with Crippen LogP contribution in [0.4, 0.5) is 5.69 Å². The lowest BCUT2D eigenvalue weighted by Crippen LogP contribution is -2.26. The predicted molar refractivity (Wildman–Crippen MR) is 153 cm³/mol. The highest BCUT2D eigenvalue weighted by Crippen LogP contribution is 2.38. The van der Waals surface area contributed by atoms with Crippen LogP contribution in [0.1, 0.15) is 42.4 Å². The Bertz CT molecular complexity index is 1800. The third-order valence-corrected chi connectivity index (χ3v) is 6.70. The first kappa shape index (κ1) is 25.6. The van der Waals surface area contributed by atoms with Gasteiger partial charge in [0.1, 0.15) is 0 Å². The van der Waals surface area contributed by atoms with Crippen molar-refractivity contribution in [2.75, 3.05) is 12.0 Å². The molecule has 0 spiro atoms. The normalized spacial score (nSPS) is 12.2. The van der Waals surface area contributed by atoms with Crippen molar-refractivity contribution < 1.29 is 28.3 Å². The Hall–Kier alpha value is -5.70. The van der Waals surface area contributed by atoms with Crippen LogP contribution >= 0.6 is 0 Å². The monoisotopic (exact) mass is 545 g/mol. The summed E-state index contributed by atoms with van der Waals surface area (Å²) in [6.07, 6.45) is 2.83. The fourth-order valence-electron chi connectivity index (χ4n) is 4.70. The zero-order valence-electron chi connectivity index (χ0n) is 21.9. The summed E-state index contributed by atoms with van der Waals surface area (Å²) >= 11 is 0. The van der Waals surface area contributed by atoms with Gasteiger partial charge in [0.25, 0.3) is 11.8 Å². The molecule has 1 aliphatic rings. The van der Waals surface area contributed by atoms with Crippen LogP contribution < -0.4 is 19.8 Å². The highest BCUT2D eigenvalue weighted by Gasteiger charge is 2.29. The van der Waals surface area contributed by atoms with Crippen molar-refractivity contribution in [1.82, 2.24) is 5.43 Å². The molecule has 41 heavy (non-hydrogen) atoms. The van der Waals surface area contributed by atoms with E-state index in [-0.39, 0.29) is 17.4 Å². The molecule has 0 unspecified atom stereocenters. The Labute approximate surface area is 234 Å². The number of carbonyl (C=O) groups excluding carboxylic acids is 3. The van der Waals surface area contributed by atoms with Crippen LogP contribution in [0.15, 0.2) is 107 Å². The van der Waals surface area contributed by atoms with Crippen LogP contribution in [0, 0.1) is 0 Å². The van der Waals surface area contributed by atoms with E-state index in [0.717, 1.165) is 22.0 Å². The number of carbonyl (C=O) groups is 3. The molecule has 4 aromatic carbocycles. The van der Waals surface area contributed by atoms with E-state index in [9.17, 15) is 14.4 Å². The summed E-state index contributed by atoms with van der Waals surface area (Å²) in [6, 6.07) is 26.6.